The summed E-state index contributed by atoms with van der Waals surface area (Å²) < 4.78 is 1.06. The van der Waals surface area contributed by atoms with Gasteiger partial charge in [0.05, 0.1) is 0 Å². The maximum atomic E-state index is 10.1. The molecule has 0 saturated heterocycles. The lowest BCUT2D eigenvalue weighted by Gasteiger charge is -2.12. The van der Waals surface area contributed by atoms with Gasteiger partial charge < -0.3 is 5.11 Å². The van der Waals surface area contributed by atoms with Gasteiger partial charge in [0, 0.05) is 21.5 Å². The zero-order valence-electron chi connectivity index (χ0n) is 7.97. The van der Waals surface area contributed by atoms with Crippen molar-refractivity contribution in [3.05, 3.63) is 63.5 Å². The Morgan fingerprint density at radius 2 is 1.93 bits per heavy atom. The maximum Gasteiger partial charge on any atom is 0.107 e. The molecule has 0 aliphatic heterocycles. The highest BCUT2D eigenvalue weighted by atomic mass is 127. The normalized spacial score (nSPS) is 12.4. The first-order valence-electron chi connectivity index (χ1n) is 4.61. The minimum atomic E-state index is -0.591. The molecule has 1 heterocycles. The molecule has 2 aromatic rings. The Bertz CT molecular complexity index is 444. The molecule has 0 spiro atoms. The fraction of sp³-hybridized carbons (Fsp3) is 0.0833. The minimum Gasteiger partial charge on any atom is -0.384 e. The van der Waals surface area contributed by atoms with Crippen molar-refractivity contribution in [3.8, 4) is 0 Å². The number of hydrogen-bond acceptors (Lipinski definition) is 2. The lowest BCUT2D eigenvalue weighted by molar-refractivity contribution is 0.219. The maximum absolute atomic E-state index is 10.1. The Hall–Kier alpha value is -0.940. The second-order valence-electron chi connectivity index (χ2n) is 3.21. The number of aliphatic hydroxyl groups is 1. The highest BCUT2D eigenvalue weighted by Gasteiger charge is 2.12. The van der Waals surface area contributed by atoms with E-state index in [1.807, 2.05) is 36.4 Å². The molecule has 0 aliphatic rings. The third kappa shape index (κ3) is 2.35. The number of rotatable bonds is 2. The first kappa shape index (κ1) is 10.6. The van der Waals surface area contributed by atoms with Crippen molar-refractivity contribution in [3.63, 3.8) is 0 Å². The Balaban J connectivity index is 2.37. The molecule has 1 N–H and O–H groups in total. The Morgan fingerprint density at radius 1 is 1.13 bits per heavy atom. The van der Waals surface area contributed by atoms with Crippen molar-refractivity contribution in [2.75, 3.05) is 0 Å². The molecule has 0 saturated carbocycles. The van der Waals surface area contributed by atoms with E-state index in [0.29, 0.717) is 0 Å². The number of nitrogens with zero attached hydrogens (tertiary/aromatic N) is 1. The summed E-state index contributed by atoms with van der Waals surface area (Å²) in [5.41, 5.74) is 1.74. The lowest BCUT2D eigenvalue weighted by Crippen LogP contribution is -2.01. The van der Waals surface area contributed by atoms with Gasteiger partial charge in [-0.1, -0.05) is 24.3 Å². The van der Waals surface area contributed by atoms with Gasteiger partial charge in [-0.2, -0.15) is 0 Å². The summed E-state index contributed by atoms with van der Waals surface area (Å²) in [6.45, 7) is 0. The van der Waals surface area contributed by atoms with Crippen molar-refractivity contribution >= 4 is 22.6 Å². The molecule has 1 aromatic carbocycles. The zero-order valence-corrected chi connectivity index (χ0v) is 10.1. The van der Waals surface area contributed by atoms with Gasteiger partial charge in [-0.15, -0.1) is 0 Å². The molecule has 0 fully saturated rings. The molecule has 15 heavy (non-hydrogen) atoms. The van der Waals surface area contributed by atoms with Crippen LogP contribution in [0.4, 0.5) is 0 Å². The molecule has 2 rings (SSSR count). The van der Waals surface area contributed by atoms with Crippen LogP contribution in [0.25, 0.3) is 0 Å². The number of aliphatic hydroxyl groups excluding tert-OH is 1. The largest absolute Gasteiger partial charge is 0.384 e. The second kappa shape index (κ2) is 4.72. The van der Waals surface area contributed by atoms with Crippen LogP contribution in [-0.2, 0) is 0 Å². The standard InChI is InChI=1S/C12H10INO/c13-11-6-2-1-5-10(11)12(15)9-4-3-7-14-8-9/h1-8,12,15H. The van der Waals surface area contributed by atoms with Gasteiger partial charge in [0.2, 0.25) is 0 Å². The van der Waals surface area contributed by atoms with Gasteiger partial charge in [-0.25, -0.2) is 0 Å². The van der Waals surface area contributed by atoms with Crippen molar-refractivity contribution in [2.45, 2.75) is 6.10 Å². The van der Waals surface area contributed by atoms with E-state index in [4.69, 9.17) is 0 Å². The van der Waals surface area contributed by atoms with E-state index >= 15 is 0 Å². The van der Waals surface area contributed by atoms with E-state index in [1.54, 1.807) is 12.4 Å². The summed E-state index contributed by atoms with van der Waals surface area (Å²) in [5, 5.41) is 10.1. The summed E-state index contributed by atoms with van der Waals surface area (Å²) in [7, 11) is 0. The topological polar surface area (TPSA) is 33.1 Å². The SMILES string of the molecule is OC(c1cccnc1)c1ccccc1I. The Morgan fingerprint density at radius 3 is 2.60 bits per heavy atom. The van der Waals surface area contributed by atoms with Gasteiger partial charge in [0.1, 0.15) is 6.10 Å². The Kier molecular flexibility index (Phi) is 3.33. The first-order chi connectivity index (χ1) is 7.29. The number of halogens is 1. The quantitative estimate of drug-likeness (QED) is 0.865. The number of benzene rings is 1. The van der Waals surface area contributed by atoms with E-state index in [1.165, 1.54) is 0 Å². The summed E-state index contributed by atoms with van der Waals surface area (Å²) in [5.74, 6) is 0. The van der Waals surface area contributed by atoms with Gasteiger partial charge in [-0.05, 0) is 40.3 Å². The molecule has 0 radical (unpaired) electrons. The molecule has 0 bridgehead atoms. The van der Waals surface area contributed by atoms with Crippen LogP contribution in [0, 0.1) is 3.57 Å². The van der Waals surface area contributed by atoms with E-state index < -0.39 is 6.10 Å². The van der Waals surface area contributed by atoms with E-state index in [9.17, 15) is 5.11 Å². The van der Waals surface area contributed by atoms with Crippen molar-refractivity contribution in [1.29, 1.82) is 0 Å². The Labute approximate surface area is 102 Å². The first-order valence-corrected chi connectivity index (χ1v) is 5.69. The van der Waals surface area contributed by atoms with Gasteiger partial charge in [0.15, 0.2) is 0 Å². The predicted molar refractivity (Wildman–Crippen MR) is 67.5 cm³/mol. The lowest BCUT2D eigenvalue weighted by atomic mass is 10.0. The third-order valence-corrected chi connectivity index (χ3v) is 3.18. The van der Waals surface area contributed by atoms with Crippen LogP contribution in [0.2, 0.25) is 0 Å². The van der Waals surface area contributed by atoms with Crippen LogP contribution in [0.5, 0.6) is 0 Å². The van der Waals surface area contributed by atoms with E-state index in [2.05, 4.69) is 27.6 Å². The van der Waals surface area contributed by atoms with Crippen molar-refractivity contribution in [2.24, 2.45) is 0 Å². The molecule has 1 unspecified atom stereocenters. The van der Waals surface area contributed by atoms with Gasteiger partial charge in [0.25, 0.3) is 0 Å². The minimum absolute atomic E-state index is 0.591. The fourth-order valence-corrected chi connectivity index (χ4v) is 2.10. The molecule has 1 atom stereocenters. The summed E-state index contributed by atoms with van der Waals surface area (Å²) in [4.78, 5) is 4.00. The summed E-state index contributed by atoms with van der Waals surface area (Å²) in [6.07, 6.45) is 2.80. The average Bonchev–Trinajstić information content (AvgIpc) is 2.30. The molecule has 2 nitrogen and oxygen atoms in total. The van der Waals surface area contributed by atoms with Crippen LogP contribution in [0.3, 0.4) is 0 Å². The third-order valence-electron chi connectivity index (χ3n) is 2.20. The monoisotopic (exact) mass is 311 g/mol. The van der Waals surface area contributed by atoms with E-state index in [0.717, 1.165) is 14.7 Å². The molecule has 76 valence electrons. The van der Waals surface area contributed by atoms with Crippen molar-refractivity contribution < 1.29 is 5.11 Å². The smallest absolute Gasteiger partial charge is 0.107 e. The molecule has 3 heteroatoms. The zero-order chi connectivity index (χ0) is 10.7. The molecule has 0 amide bonds. The number of aromatic nitrogens is 1. The van der Waals surface area contributed by atoms with Crippen LogP contribution < -0.4 is 0 Å². The van der Waals surface area contributed by atoms with Crippen LogP contribution >= 0.6 is 22.6 Å². The van der Waals surface area contributed by atoms with Gasteiger partial charge >= 0.3 is 0 Å². The second-order valence-corrected chi connectivity index (χ2v) is 4.37. The van der Waals surface area contributed by atoms with Crippen LogP contribution in [-0.4, -0.2) is 10.1 Å². The fourth-order valence-electron chi connectivity index (χ4n) is 1.41. The molecular formula is C12H10INO. The highest BCUT2D eigenvalue weighted by molar-refractivity contribution is 14.1. The molecular weight excluding hydrogens is 301 g/mol. The van der Waals surface area contributed by atoms with Crippen LogP contribution in [0.1, 0.15) is 17.2 Å². The highest BCUT2D eigenvalue weighted by Crippen LogP contribution is 2.24. The van der Waals surface area contributed by atoms with Gasteiger partial charge in [-0.3, -0.25) is 4.98 Å². The van der Waals surface area contributed by atoms with E-state index in [-0.39, 0.29) is 0 Å². The number of pyridine rings is 1. The average molecular weight is 311 g/mol. The predicted octanol–water partition coefficient (Wildman–Crippen LogP) is 2.77. The van der Waals surface area contributed by atoms with Crippen molar-refractivity contribution in [1.82, 2.24) is 4.98 Å². The summed E-state index contributed by atoms with van der Waals surface area (Å²) >= 11 is 2.22. The molecule has 0 aliphatic carbocycles. The van der Waals surface area contributed by atoms with Crippen LogP contribution in [0.15, 0.2) is 48.8 Å². The molecule has 1 aromatic heterocycles. The summed E-state index contributed by atoms with van der Waals surface area (Å²) in [6, 6.07) is 11.5. The number of hydrogen-bond donors (Lipinski definition) is 1.